The zero-order chi connectivity index (χ0) is 16.4. The first-order chi connectivity index (χ1) is 10.5. The van der Waals surface area contributed by atoms with Crippen molar-refractivity contribution in [2.45, 2.75) is 6.54 Å². The highest BCUT2D eigenvalue weighted by atomic mass is 16.5. The van der Waals surface area contributed by atoms with E-state index in [1.54, 1.807) is 32.3 Å². The quantitative estimate of drug-likeness (QED) is 0.680. The lowest BCUT2D eigenvalue weighted by Gasteiger charge is -2.22. The minimum Gasteiger partial charge on any atom is -0.383 e. The maximum atomic E-state index is 12.0. The molecule has 0 spiro atoms. The van der Waals surface area contributed by atoms with Gasteiger partial charge in [-0.1, -0.05) is 6.07 Å². The molecule has 0 bridgehead atoms. The lowest BCUT2D eigenvalue weighted by molar-refractivity contribution is -0.131. The number of rotatable bonds is 9. The van der Waals surface area contributed by atoms with E-state index in [2.05, 4.69) is 10.3 Å². The topological polar surface area (TPSA) is 74.8 Å². The molecule has 0 saturated carbocycles. The zero-order valence-electron chi connectivity index (χ0n) is 13.4. The van der Waals surface area contributed by atoms with Crippen LogP contribution in [0.3, 0.4) is 0 Å². The number of amides is 2. The van der Waals surface area contributed by atoms with Crippen molar-refractivity contribution in [1.82, 2.24) is 20.1 Å². The summed E-state index contributed by atoms with van der Waals surface area (Å²) in [4.78, 5) is 31.2. The van der Waals surface area contributed by atoms with E-state index in [9.17, 15) is 9.59 Å². The predicted molar refractivity (Wildman–Crippen MR) is 83.1 cm³/mol. The van der Waals surface area contributed by atoms with Crippen LogP contribution in [0.4, 0.5) is 0 Å². The van der Waals surface area contributed by atoms with Crippen LogP contribution in [0.5, 0.6) is 0 Å². The van der Waals surface area contributed by atoms with Crippen LogP contribution in [0, 0.1) is 0 Å². The van der Waals surface area contributed by atoms with Gasteiger partial charge in [-0.3, -0.25) is 19.5 Å². The molecule has 7 nitrogen and oxygen atoms in total. The Hall–Kier alpha value is -1.99. The van der Waals surface area contributed by atoms with Crippen molar-refractivity contribution >= 4 is 11.8 Å². The van der Waals surface area contributed by atoms with Crippen molar-refractivity contribution in [3.05, 3.63) is 30.1 Å². The van der Waals surface area contributed by atoms with Gasteiger partial charge in [0.25, 0.3) is 0 Å². The summed E-state index contributed by atoms with van der Waals surface area (Å²) < 4.78 is 5.02. The largest absolute Gasteiger partial charge is 0.383 e. The highest BCUT2D eigenvalue weighted by molar-refractivity contribution is 5.80. The Morgan fingerprint density at radius 3 is 2.64 bits per heavy atom. The van der Waals surface area contributed by atoms with E-state index in [0.717, 1.165) is 5.69 Å². The lowest BCUT2D eigenvalue weighted by atomic mass is 10.3. The molecule has 7 heteroatoms. The van der Waals surface area contributed by atoms with Crippen molar-refractivity contribution in [1.29, 1.82) is 0 Å². The number of aromatic nitrogens is 1. The monoisotopic (exact) mass is 308 g/mol. The Morgan fingerprint density at radius 1 is 1.27 bits per heavy atom. The van der Waals surface area contributed by atoms with Crippen LogP contribution in [0.15, 0.2) is 24.4 Å². The Labute approximate surface area is 131 Å². The molecule has 1 heterocycles. The summed E-state index contributed by atoms with van der Waals surface area (Å²) in [5.74, 6) is -0.193. The van der Waals surface area contributed by atoms with Gasteiger partial charge in [0.15, 0.2) is 0 Å². The third-order valence-electron chi connectivity index (χ3n) is 3.03. The molecule has 0 aliphatic carbocycles. The van der Waals surface area contributed by atoms with Gasteiger partial charge in [0.1, 0.15) is 0 Å². The van der Waals surface area contributed by atoms with Crippen LogP contribution in [0.1, 0.15) is 5.69 Å². The van der Waals surface area contributed by atoms with Gasteiger partial charge >= 0.3 is 0 Å². The predicted octanol–water partition coefficient (Wildman–Crippen LogP) is -0.266. The molecule has 1 N–H and O–H groups in total. The molecule has 22 heavy (non-hydrogen) atoms. The number of likely N-dealkylation sites (N-methyl/N-ethyl adjacent to an activating group) is 1. The van der Waals surface area contributed by atoms with Gasteiger partial charge in [0, 0.05) is 33.9 Å². The van der Waals surface area contributed by atoms with Crippen LogP contribution in [0.2, 0.25) is 0 Å². The van der Waals surface area contributed by atoms with Gasteiger partial charge in [-0.05, 0) is 12.1 Å². The van der Waals surface area contributed by atoms with Crippen molar-refractivity contribution in [3.8, 4) is 0 Å². The molecule has 0 radical (unpaired) electrons. The molecular formula is C15H24N4O3. The molecule has 0 atom stereocenters. The second-order valence-corrected chi connectivity index (χ2v) is 5.09. The maximum absolute atomic E-state index is 12.0. The Morgan fingerprint density at radius 2 is 2.05 bits per heavy atom. The van der Waals surface area contributed by atoms with Crippen molar-refractivity contribution in [3.63, 3.8) is 0 Å². The second-order valence-electron chi connectivity index (χ2n) is 5.09. The van der Waals surface area contributed by atoms with E-state index >= 15 is 0 Å². The molecule has 0 fully saturated rings. The average Bonchev–Trinajstić information content (AvgIpc) is 2.51. The second kappa shape index (κ2) is 9.86. The molecule has 0 aromatic carbocycles. The number of hydrogen-bond donors (Lipinski definition) is 1. The van der Waals surface area contributed by atoms with Crippen LogP contribution in [-0.4, -0.2) is 74.0 Å². The van der Waals surface area contributed by atoms with Gasteiger partial charge in [0.2, 0.25) is 11.8 Å². The van der Waals surface area contributed by atoms with Crippen molar-refractivity contribution in [2.75, 3.05) is 47.4 Å². The fraction of sp³-hybridized carbons (Fsp3) is 0.533. The van der Waals surface area contributed by atoms with Gasteiger partial charge in [-0.25, -0.2) is 0 Å². The van der Waals surface area contributed by atoms with E-state index in [0.29, 0.717) is 19.7 Å². The fourth-order valence-corrected chi connectivity index (χ4v) is 1.72. The van der Waals surface area contributed by atoms with Crippen molar-refractivity contribution < 1.29 is 14.3 Å². The number of nitrogens with zero attached hydrogens (tertiary/aromatic N) is 3. The number of carbonyl (C=O) groups is 2. The fourth-order valence-electron chi connectivity index (χ4n) is 1.72. The Bertz CT molecular complexity index is 465. The summed E-state index contributed by atoms with van der Waals surface area (Å²) in [5, 5.41) is 2.80. The smallest absolute Gasteiger partial charge is 0.236 e. The number of ether oxygens (including phenoxy) is 1. The first-order valence-corrected chi connectivity index (χ1v) is 7.11. The summed E-state index contributed by atoms with van der Waals surface area (Å²) in [6.07, 6.45) is 1.68. The Balaban J connectivity index is 2.45. The van der Waals surface area contributed by atoms with Gasteiger partial charge < -0.3 is 15.0 Å². The van der Waals surface area contributed by atoms with E-state index in [1.165, 1.54) is 4.90 Å². The molecule has 122 valence electrons. The van der Waals surface area contributed by atoms with Crippen LogP contribution in [0.25, 0.3) is 0 Å². The third kappa shape index (κ3) is 7.14. The first-order valence-electron chi connectivity index (χ1n) is 7.11. The van der Waals surface area contributed by atoms with Gasteiger partial charge in [-0.15, -0.1) is 0 Å². The molecule has 1 aromatic rings. The standard InChI is InChI=1S/C15H24N4O3/c1-18(2)15(21)12-19(8-9-22-3)11-14(20)17-10-13-6-4-5-7-16-13/h4-7H,8-12H2,1-3H3,(H,17,20). The van der Waals surface area contributed by atoms with Crippen LogP contribution < -0.4 is 5.32 Å². The summed E-state index contributed by atoms with van der Waals surface area (Å²) in [5.41, 5.74) is 0.795. The first kappa shape index (κ1) is 18.1. The number of methoxy groups -OCH3 is 1. The van der Waals surface area contributed by atoms with Crippen LogP contribution >= 0.6 is 0 Å². The number of pyridine rings is 1. The highest BCUT2D eigenvalue weighted by Gasteiger charge is 2.15. The summed E-state index contributed by atoms with van der Waals surface area (Å²) in [6, 6.07) is 5.54. The summed E-state index contributed by atoms with van der Waals surface area (Å²) in [6.45, 7) is 1.70. The maximum Gasteiger partial charge on any atom is 0.236 e. The number of carbonyl (C=O) groups excluding carboxylic acids is 2. The normalized spacial score (nSPS) is 10.5. The van der Waals surface area contributed by atoms with Crippen molar-refractivity contribution in [2.24, 2.45) is 0 Å². The molecule has 0 unspecified atom stereocenters. The molecular weight excluding hydrogens is 284 g/mol. The molecule has 2 amide bonds. The highest BCUT2D eigenvalue weighted by Crippen LogP contribution is 1.94. The lowest BCUT2D eigenvalue weighted by Crippen LogP contribution is -2.43. The molecule has 0 saturated heterocycles. The molecule has 1 rings (SSSR count). The van der Waals surface area contributed by atoms with E-state index in [1.807, 2.05) is 18.2 Å². The number of hydrogen-bond acceptors (Lipinski definition) is 5. The van der Waals surface area contributed by atoms with E-state index < -0.39 is 0 Å². The molecule has 0 aliphatic heterocycles. The van der Waals surface area contributed by atoms with Gasteiger partial charge in [0.05, 0.1) is 31.9 Å². The SMILES string of the molecule is COCCN(CC(=O)NCc1ccccn1)CC(=O)N(C)C. The number of nitrogens with one attached hydrogen (secondary N) is 1. The third-order valence-corrected chi connectivity index (χ3v) is 3.03. The Kier molecular flexibility index (Phi) is 8.09. The minimum atomic E-state index is -0.145. The van der Waals surface area contributed by atoms with Crippen LogP contribution in [-0.2, 0) is 20.9 Å². The molecule has 1 aromatic heterocycles. The average molecular weight is 308 g/mol. The molecule has 0 aliphatic rings. The van der Waals surface area contributed by atoms with E-state index in [-0.39, 0.29) is 24.9 Å². The van der Waals surface area contributed by atoms with Gasteiger partial charge in [-0.2, -0.15) is 0 Å². The summed E-state index contributed by atoms with van der Waals surface area (Å²) >= 11 is 0. The minimum absolute atomic E-state index is 0.0476. The summed E-state index contributed by atoms with van der Waals surface area (Å²) in [7, 11) is 4.98. The zero-order valence-corrected chi connectivity index (χ0v) is 13.4. The van der Waals surface area contributed by atoms with E-state index in [4.69, 9.17) is 4.74 Å².